The van der Waals surface area contributed by atoms with Gasteiger partial charge in [-0.1, -0.05) is 6.07 Å². The third kappa shape index (κ3) is 5.00. The van der Waals surface area contributed by atoms with Gasteiger partial charge in [0.05, 0.1) is 35.6 Å². The topological polar surface area (TPSA) is 97.6 Å². The molecule has 0 radical (unpaired) electrons. The van der Waals surface area contributed by atoms with Gasteiger partial charge in [0.15, 0.2) is 6.61 Å². The SMILES string of the molecule is CCN1C(=O)COc2c(CN3CCOCC3)cc(Nc3nccc(-c4ccc5nc(C)n(C(C)C)c5c4)n3)cc21. The summed E-state index contributed by atoms with van der Waals surface area (Å²) in [7, 11) is 0. The van der Waals surface area contributed by atoms with Gasteiger partial charge in [0.1, 0.15) is 11.6 Å². The maximum Gasteiger partial charge on any atom is 0.265 e. The van der Waals surface area contributed by atoms with Crippen molar-refractivity contribution in [2.24, 2.45) is 0 Å². The summed E-state index contributed by atoms with van der Waals surface area (Å²) in [5, 5.41) is 3.40. The Bertz CT molecular complexity index is 1560. The second kappa shape index (κ2) is 10.9. The molecule has 0 spiro atoms. The highest BCUT2D eigenvalue weighted by molar-refractivity contribution is 5.99. The minimum Gasteiger partial charge on any atom is -0.481 e. The molecule has 0 aliphatic carbocycles. The first-order valence-corrected chi connectivity index (χ1v) is 13.9. The highest BCUT2D eigenvalue weighted by Crippen LogP contribution is 2.39. The van der Waals surface area contributed by atoms with E-state index in [1.54, 1.807) is 11.1 Å². The summed E-state index contributed by atoms with van der Waals surface area (Å²) in [6, 6.07) is 12.5. The van der Waals surface area contributed by atoms with Gasteiger partial charge in [-0.25, -0.2) is 15.0 Å². The van der Waals surface area contributed by atoms with Gasteiger partial charge in [0, 0.05) is 55.2 Å². The zero-order chi connectivity index (χ0) is 27.8. The number of benzene rings is 2. The first-order valence-electron chi connectivity index (χ1n) is 13.9. The number of imidazole rings is 1. The van der Waals surface area contributed by atoms with Crippen LogP contribution in [0, 0.1) is 6.92 Å². The summed E-state index contributed by atoms with van der Waals surface area (Å²) >= 11 is 0. The molecule has 1 fully saturated rings. The van der Waals surface area contributed by atoms with Crippen LogP contribution in [0.3, 0.4) is 0 Å². The van der Waals surface area contributed by atoms with Crippen molar-refractivity contribution in [3.8, 4) is 17.0 Å². The number of fused-ring (bicyclic) bond motifs is 2. The Hall–Kier alpha value is -4.02. The Balaban J connectivity index is 1.34. The van der Waals surface area contributed by atoms with Crippen LogP contribution >= 0.6 is 0 Å². The molecule has 6 rings (SSSR count). The molecular formula is C30H35N7O3. The van der Waals surface area contributed by atoms with Gasteiger partial charge >= 0.3 is 0 Å². The van der Waals surface area contributed by atoms with Crippen LogP contribution < -0.4 is 15.0 Å². The number of nitrogens with one attached hydrogen (secondary N) is 1. The summed E-state index contributed by atoms with van der Waals surface area (Å²) in [4.78, 5) is 30.8. The van der Waals surface area contributed by atoms with E-state index in [0.717, 1.165) is 63.9 Å². The van der Waals surface area contributed by atoms with E-state index in [4.69, 9.17) is 19.4 Å². The number of hydrogen-bond acceptors (Lipinski definition) is 8. The Labute approximate surface area is 233 Å². The summed E-state index contributed by atoms with van der Waals surface area (Å²) in [5.41, 5.74) is 6.46. The lowest BCUT2D eigenvalue weighted by Gasteiger charge is -2.32. The molecule has 0 bridgehead atoms. The lowest BCUT2D eigenvalue weighted by atomic mass is 10.1. The number of carbonyl (C=O) groups is 1. The Morgan fingerprint density at radius 1 is 1.07 bits per heavy atom. The summed E-state index contributed by atoms with van der Waals surface area (Å²) in [6.45, 7) is 12.8. The molecule has 0 atom stereocenters. The predicted molar refractivity (Wildman–Crippen MR) is 155 cm³/mol. The summed E-state index contributed by atoms with van der Waals surface area (Å²) < 4.78 is 13.7. The van der Waals surface area contributed by atoms with Crippen molar-refractivity contribution in [3.05, 3.63) is 54.0 Å². The van der Waals surface area contributed by atoms with Crippen molar-refractivity contribution in [1.29, 1.82) is 0 Å². The fourth-order valence-electron chi connectivity index (χ4n) is 5.66. The van der Waals surface area contributed by atoms with Gasteiger partial charge < -0.3 is 24.3 Å². The van der Waals surface area contributed by atoms with Crippen LogP contribution in [0.4, 0.5) is 17.3 Å². The molecular weight excluding hydrogens is 506 g/mol. The monoisotopic (exact) mass is 541 g/mol. The van der Waals surface area contributed by atoms with E-state index in [1.807, 2.05) is 38.1 Å². The van der Waals surface area contributed by atoms with Crippen molar-refractivity contribution in [2.75, 3.05) is 49.7 Å². The molecule has 40 heavy (non-hydrogen) atoms. The standard InChI is InChI=1S/C30H35N7O3/c1-5-36-27-16-23(14-22(29(27)40-18-28(36)38)17-35-10-12-39-13-11-35)33-30-31-9-8-24(34-30)21-6-7-25-26(15-21)37(19(2)3)20(4)32-25/h6-9,14-16,19H,5,10-13,17-18H2,1-4H3,(H,31,33,34). The Morgan fingerprint density at radius 3 is 2.67 bits per heavy atom. The van der Waals surface area contributed by atoms with Gasteiger partial charge in [0.25, 0.3) is 5.91 Å². The average Bonchev–Trinajstić information content (AvgIpc) is 3.29. The lowest BCUT2D eigenvalue weighted by molar-refractivity contribution is -0.121. The van der Waals surface area contributed by atoms with Crippen molar-refractivity contribution in [2.45, 2.75) is 40.3 Å². The molecule has 10 heteroatoms. The molecule has 0 saturated carbocycles. The second-order valence-corrected chi connectivity index (χ2v) is 10.5. The number of aromatic nitrogens is 4. The van der Waals surface area contributed by atoms with E-state index in [0.29, 0.717) is 38.3 Å². The molecule has 2 aromatic carbocycles. The lowest BCUT2D eigenvalue weighted by Crippen LogP contribution is -2.40. The second-order valence-electron chi connectivity index (χ2n) is 10.5. The third-order valence-corrected chi connectivity index (χ3v) is 7.48. The van der Waals surface area contributed by atoms with Gasteiger partial charge in [-0.2, -0.15) is 0 Å². The van der Waals surface area contributed by atoms with E-state index in [9.17, 15) is 4.79 Å². The van der Waals surface area contributed by atoms with Gasteiger partial charge in [-0.05, 0) is 58.0 Å². The van der Waals surface area contributed by atoms with Crippen molar-refractivity contribution >= 4 is 34.3 Å². The number of aryl methyl sites for hydroxylation is 1. The highest BCUT2D eigenvalue weighted by atomic mass is 16.5. The molecule has 2 aromatic heterocycles. The third-order valence-electron chi connectivity index (χ3n) is 7.48. The number of nitrogens with zero attached hydrogens (tertiary/aromatic N) is 6. The Kier molecular flexibility index (Phi) is 7.12. The first kappa shape index (κ1) is 26.2. The molecule has 1 N–H and O–H groups in total. The number of rotatable bonds is 7. The minimum absolute atomic E-state index is 0.0472. The quantitative estimate of drug-likeness (QED) is 0.360. The van der Waals surface area contributed by atoms with E-state index in [-0.39, 0.29) is 12.5 Å². The number of morpholine rings is 1. The fourth-order valence-corrected chi connectivity index (χ4v) is 5.66. The van der Waals surface area contributed by atoms with Gasteiger partial charge in [-0.15, -0.1) is 0 Å². The van der Waals surface area contributed by atoms with Gasteiger partial charge in [-0.3, -0.25) is 9.69 Å². The van der Waals surface area contributed by atoms with Crippen LogP contribution in [-0.4, -0.2) is 69.8 Å². The maximum atomic E-state index is 12.6. The molecule has 4 aromatic rings. The number of ether oxygens (including phenoxy) is 2. The minimum atomic E-state index is -0.0472. The van der Waals surface area contributed by atoms with Crippen LogP contribution in [0.1, 0.15) is 38.2 Å². The average molecular weight is 542 g/mol. The smallest absolute Gasteiger partial charge is 0.265 e. The number of anilines is 3. The largest absolute Gasteiger partial charge is 0.481 e. The maximum absolute atomic E-state index is 12.6. The van der Waals surface area contributed by atoms with Crippen LogP contribution in [0.15, 0.2) is 42.6 Å². The first-order chi connectivity index (χ1) is 19.4. The molecule has 0 unspecified atom stereocenters. The number of hydrogen-bond donors (Lipinski definition) is 1. The number of carbonyl (C=O) groups excluding carboxylic acids is 1. The van der Waals surface area contributed by atoms with Crippen LogP contribution in [0.2, 0.25) is 0 Å². The highest BCUT2D eigenvalue weighted by Gasteiger charge is 2.28. The molecule has 1 saturated heterocycles. The van der Waals surface area contributed by atoms with E-state index < -0.39 is 0 Å². The fraction of sp³-hybridized carbons (Fsp3) is 0.400. The van der Waals surface area contributed by atoms with Gasteiger partial charge in [0.2, 0.25) is 5.95 Å². The molecule has 2 aliphatic rings. The van der Waals surface area contributed by atoms with Crippen LogP contribution in [-0.2, 0) is 16.1 Å². The number of amides is 1. The molecule has 1 amide bonds. The van der Waals surface area contributed by atoms with E-state index in [2.05, 4.69) is 45.7 Å². The molecule has 4 heterocycles. The summed E-state index contributed by atoms with van der Waals surface area (Å²) in [6.07, 6.45) is 1.76. The van der Waals surface area contributed by atoms with Crippen LogP contribution in [0.25, 0.3) is 22.3 Å². The molecule has 10 nitrogen and oxygen atoms in total. The summed E-state index contributed by atoms with van der Waals surface area (Å²) in [5.74, 6) is 2.19. The predicted octanol–water partition coefficient (Wildman–Crippen LogP) is 4.70. The Morgan fingerprint density at radius 2 is 1.90 bits per heavy atom. The zero-order valence-electron chi connectivity index (χ0n) is 23.5. The van der Waals surface area contributed by atoms with Crippen LogP contribution in [0.5, 0.6) is 5.75 Å². The van der Waals surface area contributed by atoms with E-state index in [1.165, 1.54) is 0 Å². The van der Waals surface area contributed by atoms with E-state index >= 15 is 0 Å². The van der Waals surface area contributed by atoms with Crippen molar-refractivity contribution < 1.29 is 14.3 Å². The van der Waals surface area contributed by atoms with Crippen molar-refractivity contribution in [1.82, 2.24) is 24.4 Å². The zero-order valence-corrected chi connectivity index (χ0v) is 23.5. The number of likely N-dealkylation sites (N-methyl/N-ethyl adjacent to an activating group) is 1. The molecule has 2 aliphatic heterocycles. The normalized spacial score (nSPS) is 15.9. The molecule has 208 valence electrons. The van der Waals surface area contributed by atoms with Crippen molar-refractivity contribution in [3.63, 3.8) is 0 Å².